The summed E-state index contributed by atoms with van der Waals surface area (Å²) in [5.41, 5.74) is 1.20. The van der Waals surface area contributed by atoms with Gasteiger partial charge >= 0.3 is 0 Å². The molecule has 7 nitrogen and oxygen atoms in total. The predicted molar refractivity (Wildman–Crippen MR) is 117 cm³/mol. The molecule has 0 radical (unpaired) electrons. The van der Waals surface area contributed by atoms with Crippen LogP contribution in [0.5, 0.6) is 11.5 Å². The predicted octanol–water partition coefficient (Wildman–Crippen LogP) is 3.41. The molecule has 3 aromatic rings. The van der Waals surface area contributed by atoms with Crippen LogP contribution in [0.3, 0.4) is 0 Å². The lowest BCUT2D eigenvalue weighted by atomic mass is 10.1. The first kappa shape index (κ1) is 21.7. The number of rotatable bonds is 10. The molecular formula is C22H26N4O3S. The number of thioether (sulfide) groups is 1. The Morgan fingerprint density at radius 3 is 2.50 bits per heavy atom. The normalized spacial score (nSPS) is 11.7. The van der Waals surface area contributed by atoms with Gasteiger partial charge in [-0.2, -0.15) is 0 Å². The molecular weight excluding hydrogens is 400 g/mol. The van der Waals surface area contributed by atoms with Crippen molar-refractivity contribution in [2.75, 3.05) is 19.4 Å². The van der Waals surface area contributed by atoms with Crippen molar-refractivity contribution in [2.45, 2.75) is 24.6 Å². The van der Waals surface area contributed by atoms with Crippen molar-refractivity contribution >= 4 is 17.7 Å². The highest BCUT2D eigenvalue weighted by Gasteiger charge is 2.18. The number of aromatic nitrogens is 3. The molecule has 0 spiro atoms. The van der Waals surface area contributed by atoms with E-state index in [9.17, 15) is 4.79 Å². The minimum Gasteiger partial charge on any atom is -0.497 e. The lowest BCUT2D eigenvalue weighted by Crippen LogP contribution is -2.27. The molecule has 1 aromatic heterocycles. The summed E-state index contributed by atoms with van der Waals surface area (Å²) in [4.78, 5) is 12.1. The topological polar surface area (TPSA) is 78.3 Å². The zero-order valence-electron chi connectivity index (χ0n) is 17.4. The van der Waals surface area contributed by atoms with Crippen molar-refractivity contribution in [1.82, 2.24) is 20.1 Å². The van der Waals surface area contributed by atoms with Crippen LogP contribution >= 0.6 is 11.8 Å². The molecule has 1 atom stereocenters. The fraction of sp³-hybridized carbons (Fsp3) is 0.318. The van der Waals surface area contributed by atoms with Crippen molar-refractivity contribution in [3.63, 3.8) is 0 Å². The van der Waals surface area contributed by atoms with Gasteiger partial charge in [0.05, 0.1) is 12.9 Å². The van der Waals surface area contributed by atoms with Crippen LogP contribution in [-0.2, 0) is 18.3 Å². The average molecular weight is 427 g/mol. The number of hydrogen-bond acceptors (Lipinski definition) is 6. The van der Waals surface area contributed by atoms with Crippen molar-refractivity contribution in [2.24, 2.45) is 7.05 Å². The summed E-state index contributed by atoms with van der Waals surface area (Å²) in [5, 5.41) is 12.1. The van der Waals surface area contributed by atoms with E-state index in [1.807, 2.05) is 61.0 Å². The lowest BCUT2D eigenvalue weighted by molar-refractivity contribution is -0.118. The van der Waals surface area contributed by atoms with Gasteiger partial charge in [-0.05, 0) is 43.2 Å². The maximum absolute atomic E-state index is 12.1. The van der Waals surface area contributed by atoms with E-state index in [0.29, 0.717) is 17.5 Å². The quantitative estimate of drug-likeness (QED) is 0.501. The van der Waals surface area contributed by atoms with Crippen molar-refractivity contribution in [3.05, 3.63) is 66.0 Å². The van der Waals surface area contributed by atoms with Crippen molar-refractivity contribution in [3.8, 4) is 11.5 Å². The Morgan fingerprint density at radius 1 is 1.10 bits per heavy atom. The van der Waals surface area contributed by atoms with Gasteiger partial charge in [0.1, 0.15) is 11.5 Å². The first-order valence-corrected chi connectivity index (χ1v) is 10.7. The van der Waals surface area contributed by atoms with Gasteiger partial charge in [0.25, 0.3) is 0 Å². The van der Waals surface area contributed by atoms with E-state index in [0.717, 1.165) is 17.9 Å². The van der Waals surface area contributed by atoms with Crippen LogP contribution in [0.1, 0.15) is 24.4 Å². The Bertz CT molecular complexity index is 945. The number of nitrogens with zero attached hydrogens (tertiary/aromatic N) is 3. The zero-order chi connectivity index (χ0) is 21.3. The Balaban J connectivity index is 1.47. The molecule has 0 saturated heterocycles. The van der Waals surface area contributed by atoms with Gasteiger partial charge in [-0.25, -0.2) is 0 Å². The van der Waals surface area contributed by atoms with Crippen molar-refractivity contribution < 1.29 is 14.3 Å². The molecule has 0 aliphatic rings. The van der Waals surface area contributed by atoms with Crippen LogP contribution in [-0.4, -0.2) is 40.1 Å². The third kappa shape index (κ3) is 6.00. The van der Waals surface area contributed by atoms with Crippen LogP contribution in [0, 0.1) is 0 Å². The monoisotopic (exact) mass is 426 g/mol. The van der Waals surface area contributed by atoms with E-state index in [-0.39, 0.29) is 17.8 Å². The number of carbonyl (C=O) groups excluding carboxylic acids is 1. The number of amides is 1. The molecule has 0 bridgehead atoms. The van der Waals surface area contributed by atoms with Gasteiger partial charge in [-0.3, -0.25) is 4.79 Å². The highest BCUT2D eigenvalue weighted by Crippen LogP contribution is 2.25. The van der Waals surface area contributed by atoms with Gasteiger partial charge < -0.3 is 19.4 Å². The maximum Gasteiger partial charge on any atom is 0.230 e. The van der Waals surface area contributed by atoms with Crippen LogP contribution in [0.25, 0.3) is 0 Å². The summed E-state index contributed by atoms with van der Waals surface area (Å²) in [6, 6.07) is 17.5. The highest BCUT2D eigenvalue weighted by molar-refractivity contribution is 7.99. The lowest BCUT2D eigenvalue weighted by Gasteiger charge is -2.14. The number of carbonyl (C=O) groups is 1. The number of nitrogens with one attached hydrogen (secondary N) is 1. The molecule has 158 valence electrons. The molecule has 30 heavy (non-hydrogen) atoms. The molecule has 8 heteroatoms. The van der Waals surface area contributed by atoms with Gasteiger partial charge in [0.2, 0.25) is 5.91 Å². The summed E-state index contributed by atoms with van der Waals surface area (Å²) >= 11 is 1.36. The van der Waals surface area contributed by atoms with E-state index in [4.69, 9.17) is 9.47 Å². The van der Waals surface area contributed by atoms with E-state index < -0.39 is 0 Å². The first-order valence-electron chi connectivity index (χ1n) is 9.70. The third-order valence-electron chi connectivity index (χ3n) is 4.52. The molecule has 1 heterocycles. The molecule has 1 unspecified atom stereocenters. The molecule has 2 aromatic carbocycles. The Kier molecular flexibility index (Phi) is 7.73. The minimum absolute atomic E-state index is 0.0250. The van der Waals surface area contributed by atoms with E-state index in [1.165, 1.54) is 17.3 Å². The molecule has 1 amide bonds. The van der Waals surface area contributed by atoms with Gasteiger partial charge in [-0.15, -0.1) is 10.2 Å². The van der Waals surface area contributed by atoms with Crippen LogP contribution < -0.4 is 14.8 Å². The SMILES string of the molecule is COc1ccc(OC(C)c2nnc(SCC(=O)NCCc3ccccc3)n2C)cc1. The highest BCUT2D eigenvalue weighted by atomic mass is 32.2. The van der Waals surface area contributed by atoms with Gasteiger partial charge in [0.15, 0.2) is 17.1 Å². The standard InChI is InChI=1S/C22H26N4O3S/c1-16(29-19-11-9-18(28-3)10-12-19)21-24-25-22(26(21)2)30-15-20(27)23-14-13-17-7-5-4-6-8-17/h4-12,16H,13-15H2,1-3H3,(H,23,27). The average Bonchev–Trinajstić information content (AvgIpc) is 3.14. The molecule has 1 N–H and O–H groups in total. The van der Waals surface area contributed by atoms with Gasteiger partial charge in [-0.1, -0.05) is 42.1 Å². The smallest absolute Gasteiger partial charge is 0.230 e. The fourth-order valence-corrected chi connectivity index (χ4v) is 3.64. The van der Waals surface area contributed by atoms with Gasteiger partial charge in [0, 0.05) is 13.6 Å². The second-order valence-corrected chi connectivity index (χ2v) is 7.65. The van der Waals surface area contributed by atoms with Crippen LogP contribution in [0.15, 0.2) is 59.8 Å². The Labute approximate surface area is 180 Å². The molecule has 0 fully saturated rings. The Hall–Kier alpha value is -3.00. The maximum atomic E-state index is 12.1. The molecule has 0 saturated carbocycles. The first-order chi connectivity index (χ1) is 14.6. The van der Waals surface area contributed by atoms with E-state index in [1.54, 1.807) is 7.11 Å². The van der Waals surface area contributed by atoms with Crippen LogP contribution in [0.2, 0.25) is 0 Å². The fourth-order valence-electron chi connectivity index (χ4n) is 2.89. The third-order valence-corrected chi connectivity index (χ3v) is 5.54. The number of hydrogen-bond donors (Lipinski definition) is 1. The second-order valence-electron chi connectivity index (χ2n) is 6.71. The second kappa shape index (κ2) is 10.7. The number of ether oxygens (including phenoxy) is 2. The number of benzene rings is 2. The van der Waals surface area contributed by atoms with Crippen LogP contribution in [0.4, 0.5) is 0 Å². The van der Waals surface area contributed by atoms with Crippen molar-refractivity contribution in [1.29, 1.82) is 0 Å². The molecule has 3 rings (SSSR count). The molecule has 0 aliphatic heterocycles. The molecule has 0 aliphatic carbocycles. The minimum atomic E-state index is -0.287. The summed E-state index contributed by atoms with van der Waals surface area (Å²) in [6.45, 7) is 2.53. The summed E-state index contributed by atoms with van der Waals surface area (Å²) in [7, 11) is 3.50. The number of methoxy groups -OCH3 is 1. The largest absolute Gasteiger partial charge is 0.497 e. The summed E-state index contributed by atoms with van der Waals surface area (Å²) in [5.74, 6) is 2.45. The summed E-state index contributed by atoms with van der Waals surface area (Å²) in [6.07, 6.45) is 0.524. The summed E-state index contributed by atoms with van der Waals surface area (Å²) < 4.78 is 13.0. The van der Waals surface area contributed by atoms with E-state index >= 15 is 0 Å². The zero-order valence-corrected chi connectivity index (χ0v) is 18.2. The van der Waals surface area contributed by atoms with E-state index in [2.05, 4.69) is 27.6 Å². The Morgan fingerprint density at radius 2 is 1.80 bits per heavy atom.